The minimum atomic E-state index is -3.37. The van der Waals surface area contributed by atoms with Crippen LogP contribution in [0.3, 0.4) is 0 Å². The molecule has 1 atom stereocenters. The van der Waals surface area contributed by atoms with Gasteiger partial charge in [0.05, 0.1) is 0 Å². The summed E-state index contributed by atoms with van der Waals surface area (Å²) in [5.74, 6) is 0. The Morgan fingerprint density at radius 3 is 1.00 bits per heavy atom. The van der Waals surface area contributed by atoms with Gasteiger partial charge in [-0.05, 0) is 0 Å². The van der Waals surface area contributed by atoms with Gasteiger partial charge in [0.15, 0.2) is 0 Å². The summed E-state index contributed by atoms with van der Waals surface area (Å²) in [6, 6.07) is 0. The molecule has 0 aromatic carbocycles. The Bertz CT molecular complexity index is 13.5. The van der Waals surface area contributed by atoms with E-state index in [-0.39, 0.29) is 31.0 Å². The first-order chi connectivity index (χ1) is 1.73. The van der Waals surface area contributed by atoms with Crippen molar-refractivity contribution in [3.63, 3.8) is 0 Å². The van der Waals surface area contributed by atoms with Crippen molar-refractivity contribution in [2.45, 2.75) is 0 Å². The standard InChI is InChI=1S/O3P.H3P.Pt/c1-4(2)3;;/h;1H3;/q-3;;+3. The Labute approximate surface area is 54.7 Å². The summed E-state index contributed by atoms with van der Waals surface area (Å²) in [7, 11) is -3.37. The second-order valence-electron chi connectivity index (χ2n) is 0.224. The molecular formula is H3O3P2Pt. The summed E-state index contributed by atoms with van der Waals surface area (Å²) >= 11 is 0. The van der Waals surface area contributed by atoms with Crippen molar-refractivity contribution in [1.82, 2.24) is 0 Å². The van der Waals surface area contributed by atoms with Crippen molar-refractivity contribution in [1.29, 1.82) is 0 Å². The molecule has 0 aliphatic carbocycles. The van der Waals surface area contributed by atoms with Gasteiger partial charge in [0.1, 0.15) is 0 Å². The average molecular weight is 308 g/mol. The first kappa shape index (κ1) is 15.7. The molecule has 1 unspecified atom stereocenters. The Hall–Kier alpha value is 1.43. The molecule has 0 fully saturated rings. The van der Waals surface area contributed by atoms with E-state index in [0.29, 0.717) is 0 Å². The largest absolute Gasteiger partial charge is 3.00 e. The smallest absolute Gasteiger partial charge is 0.854 e. The summed E-state index contributed by atoms with van der Waals surface area (Å²) in [6.07, 6.45) is 0. The van der Waals surface area contributed by atoms with E-state index in [9.17, 15) is 0 Å². The van der Waals surface area contributed by atoms with Crippen LogP contribution in [0.15, 0.2) is 0 Å². The minimum Gasteiger partial charge on any atom is -0.854 e. The SMILES string of the molecule is P.[O-]P([O-])[O-].[Pt+3]. The minimum absolute atomic E-state index is 0. The molecule has 0 rings (SSSR count). The average Bonchev–Trinajstić information content (AvgIpc) is 0.811. The zero-order valence-corrected chi connectivity index (χ0v) is 7.28. The van der Waals surface area contributed by atoms with Crippen LogP contribution in [0.5, 0.6) is 0 Å². The molecule has 0 spiro atoms. The fourth-order valence-corrected chi connectivity index (χ4v) is 0. The predicted molar refractivity (Wildman–Crippen MR) is 18.0 cm³/mol. The second-order valence-corrected chi connectivity index (χ2v) is 0.671. The van der Waals surface area contributed by atoms with Crippen molar-refractivity contribution < 1.29 is 35.7 Å². The van der Waals surface area contributed by atoms with Crippen LogP contribution in [0.4, 0.5) is 0 Å². The Balaban J connectivity index is -0.0000000450. The molecule has 6 heavy (non-hydrogen) atoms. The van der Waals surface area contributed by atoms with Crippen LogP contribution in [0.25, 0.3) is 0 Å². The normalized spacial score (nSPS) is 6.00. The first-order valence-electron chi connectivity index (χ1n) is 0.548. The monoisotopic (exact) mass is 308 g/mol. The van der Waals surface area contributed by atoms with E-state index >= 15 is 0 Å². The van der Waals surface area contributed by atoms with Gasteiger partial charge in [-0.15, -0.1) is 0 Å². The van der Waals surface area contributed by atoms with Crippen LogP contribution in [-0.2, 0) is 21.1 Å². The number of hydrogen-bond donors (Lipinski definition) is 0. The summed E-state index contributed by atoms with van der Waals surface area (Å²) < 4.78 is 0. The van der Waals surface area contributed by atoms with Gasteiger partial charge < -0.3 is 23.3 Å². The van der Waals surface area contributed by atoms with E-state index in [1.54, 1.807) is 0 Å². The fraction of sp³-hybridized carbons (Fsp3) is 0. The third-order valence-corrected chi connectivity index (χ3v) is 0. The molecule has 6 heteroatoms. The molecule has 0 N–H and O–H groups in total. The molecule has 41 valence electrons. The van der Waals surface area contributed by atoms with Crippen molar-refractivity contribution in [2.24, 2.45) is 0 Å². The van der Waals surface area contributed by atoms with Gasteiger partial charge in [0.25, 0.3) is 0 Å². The van der Waals surface area contributed by atoms with Gasteiger partial charge in [-0.2, -0.15) is 9.90 Å². The fourth-order valence-electron chi connectivity index (χ4n) is 0. The van der Waals surface area contributed by atoms with Gasteiger partial charge in [0.2, 0.25) is 0 Å². The summed E-state index contributed by atoms with van der Waals surface area (Å²) in [5.41, 5.74) is 0. The van der Waals surface area contributed by atoms with Crippen molar-refractivity contribution in [3.05, 3.63) is 0 Å². The van der Waals surface area contributed by atoms with Crippen molar-refractivity contribution >= 4 is 18.5 Å². The van der Waals surface area contributed by atoms with Gasteiger partial charge >= 0.3 is 21.1 Å². The molecule has 0 heterocycles. The maximum atomic E-state index is 8.48. The zero-order valence-electron chi connectivity index (χ0n) is 2.70. The van der Waals surface area contributed by atoms with E-state index in [1.165, 1.54) is 0 Å². The molecular weight excluding hydrogens is 305 g/mol. The second kappa shape index (κ2) is 9.66. The van der Waals surface area contributed by atoms with E-state index in [2.05, 4.69) is 0 Å². The zero-order chi connectivity index (χ0) is 3.58. The maximum absolute atomic E-state index is 8.48. The van der Waals surface area contributed by atoms with Crippen LogP contribution >= 0.6 is 18.5 Å². The molecule has 0 saturated heterocycles. The quantitative estimate of drug-likeness (QED) is 0.459. The molecule has 3 nitrogen and oxygen atoms in total. The molecule has 0 aromatic heterocycles. The first-order valence-corrected chi connectivity index (χ1v) is 1.64. The maximum Gasteiger partial charge on any atom is 3.00 e. The Kier molecular flexibility index (Phi) is 25.2. The molecule has 1 radical (unpaired) electrons. The molecule has 0 bridgehead atoms. The van der Waals surface area contributed by atoms with E-state index in [0.717, 1.165) is 0 Å². The molecule has 0 aliphatic rings. The molecule has 0 saturated carbocycles. The number of hydrogen-bond acceptors (Lipinski definition) is 3. The van der Waals surface area contributed by atoms with E-state index in [4.69, 9.17) is 14.7 Å². The Morgan fingerprint density at radius 1 is 1.00 bits per heavy atom. The van der Waals surface area contributed by atoms with Crippen molar-refractivity contribution in [3.8, 4) is 0 Å². The van der Waals surface area contributed by atoms with E-state index in [1.807, 2.05) is 0 Å². The van der Waals surface area contributed by atoms with Crippen LogP contribution in [0, 0.1) is 0 Å². The van der Waals surface area contributed by atoms with Crippen LogP contribution in [0.2, 0.25) is 0 Å². The molecule has 0 aliphatic heterocycles. The third-order valence-electron chi connectivity index (χ3n) is 0. The van der Waals surface area contributed by atoms with Gasteiger partial charge in [-0.3, -0.25) is 0 Å². The summed E-state index contributed by atoms with van der Waals surface area (Å²) in [6.45, 7) is 0. The molecule has 0 aromatic rings. The van der Waals surface area contributed by atoms with Crippen LogP contribution in [-0.4, -0.2) is 0 Å². The Morgan fingerprint density at radius 2 is 1.00 bits per heavy atom. The van der Waals surface area contributed by atoms with Gasteiger partial charge in [-0.25, -0.2) is 0 Å². The molecule has 0 amide bonds. The van der Waals surface area contributed by atoms with Gasteiger partial charge in [-0.1, -0.05) is 0 Å². The van der Waals surface area contributed by atoms with Gasteiger partial charge in [0, 0.05) is 0 Å². The third kappa shape index (κ3) is 52.2. The topological polar surface area (TPSA) is 69.2 Å². The predicted octanol–water partition coefficient (Wildman–Crippen LogP) is -2.65. The van der Waals surface area contributed by atoms with Crippen molar-refractivity contribution in [2.75, 3.05) is 0 Å². The van der Waals surface area contributed by atoms with Crippen LogP contribution < -0.4 is 14.7 Å². The summed E-state index contributed by atoms with van der Waals surface area (Å²) in [4.78, 5) is 25.4. The summed E-state index contributed by atoms with van der Waals surface area (Å²) in [5, 5.41) is 0. The van der Waals surface area contributed by atoms with E-state index < -0.39 is 8.60 Å². The van der Waals surface area contributed by atoms with Crippen LogP contribution in [0.1, 0.15) is 0 Å². The number of rotatable bonds is 0.